The third-order valence-corrected chi connectivity index (χ3v) is 3.00. The predicted octanol–water partition coefficient (Wildman–Crippen LogP) is 3.53. The second-order valence-electron chi connectivity index (χ2n) is 4.14. The fraction of sp³-hybridized carbons (Fsp3) is 0.571. The van der Waals surface area contributed by atoms with E-state index in [0.717, 1.165) is 18.6 Å². The number of hydrogen-bond acceptors (Lipinski definition) is 2. The summed E-state index contributed by atoms with van der Waals surface area (Å²) in [6, 6.07) is 8.70. The zero-order chi connectivity index (χ0) is 12.0. The maximum absolute atomic E-state index is 5.92. The Morgan fingerprint density at radius 3 is 2.50 bits per heavy atom. The molecule has 0 spiro atoms. The van der Waals surface area contributed by atoms with Crippen molar-refractivity contribution in [3.63, 3.8) is 0 Å². The first-order valence-corrected chi connectivity index (χ1v) is 6.15. The first kappa shape index (κ1) is 13.0. The van der Waals surface area contributed by atoms with Crippen LogP contribution in [-0.2, 0) is 0 Å². The first-order chi connectivity index (χ1) is 7.71. The van der Waals surface area contributed by atoms with E-state index in [1.165, 1.54) is 5.56 Å². The van der Waals surface area contributed by atoms with Gasteiger partial charge >= 0.3 is 0 Å². The number of ether oxygens (including phenoxy) is 1. The summed E-state index contributed by atoms with van der Waals surface area (Å²) in [5.74, 6) is 0.980. The molecule has 0 saturated carbocycles. The molecule has 0 radical (unpaired) electrons. The van der Waals surface area contributed by atoms with Crippen LogP contribution in [0.25, 0.3) is 0 Å². The highest BCUT2D eigenvalue weighted by Gasteiger charge is 2.07. The summed E-state index contributed by atoms with van der Waals surface area (Å²) in [4.78, 5) is 0. The number of nitrogens with one attached hydrogen (secondary N) is 1. The Morgan fingerprint density at radius 2 is 1.94 bits per heavy atom. The van der Waals surface area contributed by atoms with E-state index < -0.39 is 0 Å². The molecular formula is C14H23NO. The summed E-state index contributed by atoms with van der Waals surface area (Å²) in [5, 5.41) is 3.23. The lowest BCUT2D eigenvalue weighted by atomic mass is 10.1. The van der Waals surface area contributed by atoms with Crippen LogP contribution in [0.15, 0.2) is 24.3 Å². The van der Waals surface area contributed by atoms with Gasteiger partial charge in [0.1, 0.15) is 5.75 Å². The largest absolute Gasteiger partial charge is 0.490 e. The smallest absolute Gasteiger partial charge is 0.120 e. The zero-order valence-electron chi connectivity index (χ0n) is 10.8. The lowest BCUT2D eigenvalue weighted by Gasteiger charge is -2.17. The van der Waals surface area contributed by atoms with E-state index in [9.17, 15) is 0 Å². The molecule has 0 bridgehead atoms. The molecule has 1 unspecified atom stereocenters. The molecule has 1 aromatic rings. The van der Waals surface area contributed by atoms with Gasteiger partial charge in [-0.1, -0.05) is 26.0 Å². The van der Waals surface area contributed by atoms with Crippen molar-refractivity contribution < 1.29 is 4.74 Å². The minimum absolute atomic E-state index is 0.333. The molecule has 16 heavy (non-hydrogen) atoms. The van der Waals surface area contributed by atoms with Gasteiger partial charge in [-0.3, -0.25) is 0 Å². The van der Waals surface area contributed by atoms with Crippen LogP contribution in [0, 0.1) is 0 Å². The summed E-state index contributed by atoms with van der Waals surface area (Å²) in [6.07, 6.45) is 2.45. The van der Waals surface area contributed by atoms with Crippen LogP contribution in [0.2, 0.25) is 0 Å². The Kier molecular flexibility index (Phi) is 5.33. The third-order valence-electron chi connectivity index (χ3n) is 3.00. The van der Waals surface area contributed by atoms with E-state index in [1.54, 1.807) is 0 Å². The first-order valence-electron chi connectivity index (χ1n) is 6.15. The highest BCUT2D eigenvalue weighted by Crippen LogP contribution is 2.20. The van der Waals surface area contributed by atoms with Crippen LogP contribution >= 0.6 is 0 Å². The molecule has 2 nitrogen and oxygen atoms in total. The van der Waals surface area contributed by atoms with Crippen molar-refractivity contribution in [2.45, 2.75) is 45.8 Å². The Labute approximate surface area is 99.0 Å². The van der Waals surface area contributed by atoms with Gasteiger partial charge in [0.25, 0.3) is 0 Å². The summed E-state index contributed by atoms with van der Waals surface area (Å²) in [7, 11) is 1.97. The van der Waals surface area contributed by atoms with Gasteiger partial charge < -0.3 is 10.1 Å². The van der Waals surface area contributed by atoms with Crippen molar-refractivity contribution in [1.82, 2.24) is 5.32 Å². The molecule has 0 aliphatic rings. The van der Waals surface area contributed by atoms with Gasteiger partial charge in [-0.25, -0.2) is 0 Å². The Hall–Kier alpha value is -1.02. The molecule has 0 fully saturated rings. The van der Waals surface area contributed by atoms with Gasteiger partial charge in [-0.05, 0) is 44.5 Å². The molecule has 1 rings (SSSR count). The predicted molar refractivity (Wildman–Crippen MR) is 68.9 cm³/mol. The van der Waals surface area contributed by atoms with Gasteiger partial charge in [0.2, 0.25) is 0 Å². The van der Waals surface area contributed by atoms with Crippen molar-refractivity contribution in [1.29, 1.82) is 0 Å². The van der Waals surface area contributed by atoms with Crippen LogP contribution in [-0.4, -0.2) is 13.2 Å². The van der Waals surface area contributed by atoms with E-state index in [0.29, 0.717) is 12.1 Å². The van der Waals surface area contributed by atoms with Crippen molar-refractivity contribution >= 4 is 0 Å². The highest BCUT2D eigenvalue weighted by atomic mass is 16.5. The summed E-state index contributed by atoms with van der Waals surface area (Å²) < 4.78 is 5.92. The molecular weight excluding hydrogens is 198 g/mol. The molecule has 0 amide bonds. The van der Waals surface area contributed by atoms with E-state index >= 15 is 0 Å². The van der Waals surface area contributed by atoms with Crippen LogP contribution in [0.4, 0.5) is 0 Å². The SMILES string of the molecule is CCC(CC)Oc1cccc(C(C)NC)c1. The highest BCUT2D eigenvalue weighted by molar-refractivity contribution is 5.30. The van der Waals surface area contributed by atoms with E-state index in [1.807, 2.05) is 13.1 Å². The van der Waals surface area contributed by atoms with Crippen LogP contribution in [0.1, 0.15) is 45.2 Å². The number of hydrogen-bond donors (Lipinski definition) is 1. The molecule has 2 heteroatoms. The topological polar surface area (TPSA) is 21.3 Å². The van der Waals surface area contributed by atoms with E-state index in [-0.39, 0.29) is 0 Å². The second kappa shape index (κ2) is 6.54. The molecule has 0 aliphatic carbocycles. The minimum Gasteiger partial charge on any atom is -0.490 e. The van der Waals surface area contributed by atoms with Crippen LogP contribution in [0.3, 0.4) is 0 Å². The molecule has 0 heterocycles. The third kappa shape index (κ3) is 3.53. The van der Waals surface area contributed by atoms with Gasteiger partial charge in [0.15, 0.2) is 0 Å². The Balaban J connectivity index is 2.74. The molecule has 90 valence electrons. The molecule has 1 atom stereocenters. The quantitative estimate of drug-likeness (QED) is 0.793. The molecule has 1 N–H and O–H groups in total. The average molecular weight is 221 g/mol. The maximum atomic E-state index is 5.92. The Bertz CT molecular complexity index is 307. The van der Waals surface area contributed by atoms with Gasteiger partial charge in [0, 0.05) is 6.04 Å². The Morgan fingerprint density at radius 1 is 1.25 bits per heavy atom. The van der Waals surface area contributed by atoms with E-state index in [4.69, 9.17) is 4.74 Å². The van der Waals surface area contributed by atoms with Crippen molar-refractivity contribution in [3.05, 3.63) is 29.8 Å². The van der Waals surface area contributed by atoms with Crippen LogP contribution in [0.5, 0.6) is 5.75 Å². The van der Waals surface area contributed by atoms with E-state index in [2.05, 4.69) is 44.3 Å². The lowest BCUT2D eigenvalue weighted by Crippen LogP contribution is -2.15. The van der Waals surface area contributed by atoms with Crippen LogP contribution < -0.4 is 10.1 Å². The van der Waals surface area contributed by atoms with Crippen molar-refractivity contribution in [2.24, 2.45) is 0 Å². The molecule has 1 aromatic carbocycles. The summed E-state index contributed by atoms with van der Waals surface area (Å²) >= 11 is 0. The maximum Gasteiger partial charge on any atom is 0.120 e. The molecule has 0 aromatic heterocycles. The minimum atomic E-state index is 0.333. The lowest BCUT2D eigenvalue weighted by molar-refractivity contribution is 0.192. The standard InChI is InChI=1S/C14H23NO/c1-5-13(6-2)16-14-9-7-8-12(10-14)11(3)15-4/h7-11,13,15H,5-6H2,1-4H3. The second-order valence-corrected chi connectivity index (χ2v) is 4.14. The number of benzene rings is 1. The fourth-order valence-electron chi connectivity index (χ4n) is 1.67. The fourth-order valence-corrected chi connectivity index (χ4v) is 1.67. The van der Waals surface area contributed by atoms with Gasteiger partial charge in [-0.2, -0.15) is 0 Å². The van der Waals surface area contributed by atoms with Gasteiger partial charge in [0.05, 0.1) is 6.10 Å². The molecule has 0 saturated heterocycles. The number of rotatable bonds is 6. The van der Waals surface area contributed by atoms with Gasteiger partial charge in [-0.15, -0.1) is 0 Å². The zero-order valence-corrected chi connectivity index (χ0v) is 10.8. The van der Waals surface area contributed by atoms with Crippen molar-refractivity contribution in [2.75, 3.05) is 7.05 Å². The summed E-state index contributed by atoms with van der Waals surface area (Å²) in [5.41, 5.74) is 1.27. The molecule has 0 aliphatic heterocycles. The monoisotopic (exact) mass is 221 g/mol. The van der Waals surface area contributed by atoms with Crippen molar-refractivity contribution in [3.8, 4) is 5.75 Å². The normalized spacial score (nSPS) is 12.8. The average Bonchev–Trinajstić information content (AvgIpc) is 2.35. The summed E-state index contributed by atoms with van der Waals surface area (Å²) in [6.45, 7) is 6.47.